The number of hydrogen-bond donors (Lipinski definition) is 0. The number of aromatic nitrogens is 1. The quantitative estimate of drug-likeness (QED) is 0.776. The van der Waals surface area contributed by atoms with Crippen LogP contribution < -0.4 is 0 Å². The van der Waals surface area contributed by atoms with Crippen molar-refractivity contribution in [3.8, 4) is 6.07 Å². The zero-order chi connectivity index (χ0) is 14.0. The smallest absolute Gasteiger partial charge is 0.254 e. The molecule has 0 saturated carbocycles. The van der Waals surface area contributed by atoms with E-state index in [1.807, 2.05) is 32.9 Å². The predicted molar refractivity (Wildman–Crippen MR) is 72.6 cm³/mol. The maximum Gasteiger partial charge on any atom is 0.254 e. The van der Waals surface area contributed by atoms with Gasteiger partial charge in [-0.25, -0.2) is 0 Å². The molecule has 1 atom stereocenters. The first-order valence-corrected chi connectivity index (χ1v) is 6.59. The second-order valence-corrected chi connectivity index (χ2v) is 5.64. The zero-order valence-electron chi connectivity index (χ0n) is 11.7. The molecule has 4 nitrogen and oxygen atoms in total. The number of amides is 1. The molecule has 0 aliphatic carbocycles. The molecule has 1 aliphatic rings. The van der Waals surface area contributed by atoms with Gasteiger partial charge in [-0.1, -0.05) is 0 Å². The van der Waals surface area contributed by atoms with E-state index in [2.05, 4.69) is 11.1 Å². The molecule has 0 bridgehead atoms. The maximum absolute atomic E-state index is 12.5. The van der Waals surface area contributed by atoms with Gasteiger partial charge < -0.3 is 4.90 Å². The van der Waals surface area contributed by atoms with Crippen LogP contribution in [0.4, 0.5) is 0 Å². The minimum absolute atomic E-state index is 0.00905. The largest absolute Gasteiger partial charge is 0.337 e. The van der Waals surface area contributed by atoms with Crippen LogP contribution >= 0.6 is 0 Å². The third kappa shape index (κ3) is 2.93. The number of hydrogen-bond acceptors (Lipinski definition) is 3. The number of carbonyl (C=O) groups excluding carboxylic acids is 1. The molecule has 0 unspecified atom stereocenters. The van der Waals surface area contributed by atoms with E-state index < -0.39 is 5.41 Å². The van der Waals surface area contributed by atoms with Crippen molar-refractivity contribution in [2.24, 2.45) is 5.41 Å². The van der Waals surface area contributed by atoms with Crippen LogP contribution in [-0.4, -0.2) is 28.9 Å². The van der Waals surface area contributed by atoms with Crippen molar-refractivity contribution in [2.75, 3.05) is 13.1 Å². The summed E-state index contributed by atoms with van der Waals surface area (Å²) in [6, 6.07) is 5.96. The molecule has 1 aromatic rings. The van der Waals surface area contributed by atoms with Gasteiger partial charge >= 0.3 is 0 Å². The Hall–Kier alpha value is -1.89. The van der Waals surface area contributed by atoms with Crippen molar-refractivity contribution in [3.63, 3.8) is 0 Å². The number of likely N-dealkylation sites (tertiary alicyclic amines) is 1. The van der Waals surface area contributed by atoms with Crippen LogP contribution in [0.15, 0.2) is 12.1 Å². The van der Waals surface area contributed by atoms with Crippen molar-refractivity contribution in [1.82, 2.24) is 9.88 Å². The highest BCUT2D eigenvalue weighted by atomic mass is 16.2. The van der Waals surface area contributed by atoms with Crippen LogP contribution in [-0.2, 0) is 0 Å². The van der Waals surface area contributed by atoms with Gasteiger partial charge in [0.1, 0.15) is 0 Å². The Kier molecular flexibility index (Phi) is 3.57. The lowest BCUT2D eigenvalue weighted by Crippen LogP contribution is -2.44. The molecule has 1 aromatic heterocycles. The average Bonchev–Trinajstić information content (AvgIpc) is 2.37. The van der Waals surface area contributed by atoms with Gasteiger partial charge in [-0.2, -0.15) is 5.26 Å². The molecule has 0 spiro atoms. The lowest BCUT2D eigenvalue weighted by molar-refractivity contribution is 0.0629. The fourth-order valence-corrected chi connectivity index (χ4v) is 2.64. The number of carbonyl (C=O) groups is 1. The summed E-state index contributed by atoms with van der Waals surface area (Å²) >= 11 is 0. The van der Waals surface area contributed by atoms with Crippen LogP contribution in [0.2, 0.25) is 0 Å². The van der Waals surface area contributed by atoms with Gasteiger partial charge in [0, 0.05) is 30.0 Å². The van der Waals surface area contributed by atoms with Gasteiger partial charge in [-0.3, -0.25) is 9.78 Å². The normalized spacial score (nSPS) is 22.9. The molecule has 0 radical (unpaired) electrons. The molecular formula is C15H19N3O. The minimum Gasteiger partial charge on any atom is -0.337 e. The number of nitrogens with zero attached hydrogens (tertiary/aromatic N) is 3. The van der Waals surface area contributed by atoms with Crippen LogP contribution in [0, 0.1) is 30.6 Å². The van der Waals surface area contributed by atoms with Gasteiger partial charge in [-0.05, 0) is 45.7 Å². The molecule has 100 valence electrons. The number of pyridine rings is 1. The second-order valence-electron chi connectivity index (χ2n) is 5.64. The molecule has 1 fully saturated rings. The molecule has 2 heterocycles. The SMILES string of the molecule is Cc1cc(C(=O)N2CCC[C@](C)(C#N)C2)cc(C)n1. The van der Waals surface area contributed by atoms with E-state index in [-0.39, 0.29) is 5.91 Å². The standard InChI is InChI=1S/C15H19N3O/c1-11-7-13(8-12(2)17-11)14(19)18-6-4-5-15(3,9-16)10-18/h7-8H,4-6,10H2,1-3H3/t15-/m1/s1. The van der Waals surface area contributed by atoms with Gasteiger partial charge in [-0.15, -0.1) is 0 Å². The van der Waals surface area contributed by atoms with Crippen LogP contribution in [0.3, 0.4) is 0 Å². The van der Waals surface area contributed by atoms with Gasteiger partial charge in [0.2, 0.25) is 0 Å². The van der Waals surface area contributed by atoms with E-state index in [0.29, 0.717) is 12.1 Å². The summed E-state index contributed by atoms with van der Waals surface area (Å²) in [5.41, 5.74) is 1.96. The Balaban J connectivity index is 2.22. The van der Waals surface area contributed by atoms with E-state index in [9.17, 15) is 10.1 Å². The summed E-state index contributed by atoms with van der Waals surface area (Å²) in [6.07, 6.45) is 1.75. The summed E-state index contributed by atoms with van der Waals surface area (Å²) < 4.78 is 0. The van der Waals surface area contributed by atoms with Crippen LogP contribution in [0.1, 0.15) is 41.5 Å². The third-order valence-electron chi connectivity index (χ3n) is 3.58. The van der Waals surface area contributed by atoms with Gasteiger partial charge in [0.15, 0.2) is 0 Å². The van der Waals surface area contributed by atoms with E-state index in [1.54, 1.807) is 4.90 Å². The number of nitriles is 1. The van der Waals surface area contributed by atoms with E-state index in [0.717, 1.165) is 30.8 Å². The molecule has 0 aromatic carbocycles. The fraction of sp³-hybridized carbons (Fsp3) is 0.533. The summed E-state index contributed by atoms with van der Waals surface area (Å²) in [5, 5.41) is 9.21. The summed E-state index contributed by atoms with van der Waals surface area (Å²) in [7, 11) is 0. The lowest BCUT2D eigenvalue weighted by atomic mass is 9.83. The molecule has 4 heteroatoms. The first-order chi connectivity index (χ1) is 8.93. The molecule has 19 heavy (non-hydrogen) atoms. The van der Waals surface area contributed by atoms with Crippen molar-refractivity contribution in [1.29, 1.82) is 5.26 Å². The average molecular weight is 257 g/mol. The first kappa shape index (κ1) is 13.5. The van der Waals surface area contributed by atoms with Crippen LogP contribution in [0.25, 0.3) is 0 Å². The Morgan fingerprint density at radius 3 is 2.63 bits per heavy atom. The molecule has 2 rings (SSSR count). The topological polar surface area (TPSA) is 57.0 Å². The molecular weight excluding hydrogens is 238 g/mol. The highest BCUT2D eigenvalue weighted by Crippen LogP contribution is 2.29. The molecule has 1 amide bonds. The Labute approximate surface area is 114 Å². The zero-order valence-corrected chi connectivity index (χ0v) is 11.7. The summed E-state index contributed by atoms with van der Waals surface area (Å²) in [6.45, 7) is 6.95. The van der Waals surface area contributed by atoms with Crippen molar-refractivity contribution in [2.45, 2.75) is 33.6 Å². The fourth-order valence-electron chi connectivity index (χ4n) is 2.64. The summed E-state index contributed by atoms with van der Waals surface area (Å²) in [4.78, 5) is 18.6. The lowest BCUT2D eigenvalue weighted by Gasteiger charge is -2.36. The van der Waals surface area contributed by atoms with Gasteiger partial charge in [0.05, 0.1) is 11.5 Å². The molecule has 1 saturated heterocycles. The second kappa shape index (κ2) is 5.00. The number of aryl methyl sites for hydroxylation is 2. The van der Waals surface area contributed by atoms with Crippen molar-refractivity contribution < 1.29 is 4.79 Å². The molecule has 0 N–H and O–H groups in total. The number of rotatable bonds is 1. The third-order valence-corrected chi connectivity index (χ3v) is 3.58. The highest BCUT2D eigenvalue weighted by Gasteiger charge is 2.33. The number of piperidine rings is 1. The Morgan fingerprint density at radius 1 is 1.42 bits per heavy atom. The van der Waals surface area contributed by atoms with E-state index >= 15 is 0 Å². The predicted octanol–water partition coefficient (Wildman–Crippen LogP) is 2.46. The van der Waals surface area contributed by atoms with E-state index in [4.69, 9.17) is 0 Å². The van der Waals surface area contributed by atoms with Crippen molar-refractivity contribution >= 4 is 5.91 Å². The summed E-state index contributed by atoms with van der Waals surface area (Å²) in [5.74, 6) is 0.00905. The Morgan fingerprint density at radius 2 is 2.05 bits per heavy atom. The van der Waals surface area contributed by atoms with Crippen LogP contribution in [0.5, 0.6) is 0 Å². The van der Waals surface area contributed by atoms with Crippen molar-refractivity contribution in [3.05, 3.63) is 29.1 Å². The molecule has 1 aliphatic heterocycles. The highest BCUT2D eigenvalue weighted by molar-refractivity contribution is 5.94. The maximum atomic E-state index is 12.5. The van der Waals surface area contributed by atoms with E-state index in [1.165, 1.54) is 0 Å². The first-order valence-electron chi connectivity index (χ1n) is 6.59. The minimum atomic E-state index is -0.412. The van der Waals surface area contributed by atoms with Gasteiger partial charge in [0.25, 0.3) is 5.91 Å². The monoisotopic (exact) mass is 257 g/mol. The Bertz CT molecular complexity index is 527.